The first kappa shape index (κ1) is 15.6. The van der Waals surface area contributed by atoms with Gasteiger partial charge in [-0.3, -0.25) is 4.79 Å². The summed E-state index contributed by atoms with van der Waals surface area (Å²) < 4.78 is 10.7. The molecule has 7 heteroatoms. The molecule has 2 aromatic rings. The van der Waals surface area contributed by atoms with Crippen molar-refractivity contribution in [2.45, 2.75) is 39.0 Å². The molecular formula is C14H19N3O3S. The van der Waals surface area contributed by atoms with Gasteiger partial charge in [0.1, 0.15) is 5.76 Å². The quantitative estimate of drug-likeness (QED) is 0.826. The highest BCUT2D eigenvalue weighted by Gasteiger charge is 2.15. The summed E-state index contributed by atoms with van der Waals surface area (Å²) in [4.78, 5) is 11.8. The third-order valence-corrected chi connectivity index (χ3v) is 4.03. The maximum Gasteiger partial charge on any atom is 0.277 e. The zero-order chi connectivity index (χ0) is 15.4. The highest BCUT2D eigenvalue weighted by atomic mass is 32.2. The van der Waals surface area contributed by atoms with Crippen LogP contribution in [0.2, 0.25) is 0 Å². The van der Waals surface area contributed by atoms with Crippen molar-refractivity contribution in [3.63, 3.8) is 0 Å². The Kier molecular flexibility index (Phi) is 5.06. The van der Waals surface area contributed by atoms with Gasteiger partial charge in [0.25, 0.3) is 11.1 Å². The molecule has 0 saturated heterocycles. The molecule has 114 valence electrons. The predicted octanol–water partition coefficient (Wildman–Crippen LogP) is 2.89. The fraction of sp³-hybridized carbons (Fsp3) is 0.500. The van der Waals surface area contributed by atoms with Crippen LogP contribution in [0.15, 0.2) is 26.4 Å². The number of nitrogens with one attached hydrogen (secondary N) is 1. The highest BCUT2D eigenvalue weighted by molar-refractivity contribution is 7.99. The van der Waals surface area contributed by atoms with E-state index in [4.69, 9.17) is 8.83 Å². The Morgan fingerprint density at radius 2 is 2.14 bits per heavy atom. The Morgan fingerprint density at radius 1 is 1.38 bits per heavy atom. The number of thioether (sulfide) groups is 1. The molecule has 1 atom stereocenters. The fourth-order valence-corrected chi connectivity index (χ4v) is 2.15. The number of rotatable bonds is 6. The van der Waals surface area contributed by atoms with E-state index in [9.17, 15) is 4.79 Å². The van der Waals surface area contributed by atoms with Crippen molar-refractivity contribution in [1.29, 1.82) is 0 Å². The average Bonchev–Trinajstić information content (AvgIpc) is 3.04. The largest absolute Gasteiger partial charge is 0.469 e. The van der Waals surface area contributed by atoms with Crippen molar-refractivity contribution in [1.82, 2.24) is 15.5 Å². The molecule has 0 saturated carbocycles. The van der Waals surface area contributed by atoms with Gasteiger partial charge in [0.2, 0.25) is 5.91 Å². The van der Waals surface area contributed by atoms with E-state index in [1.54, 1.807) is 12.3 Å². The van der Waals surface area contributed by atoms with Gasteiger partial charge in [-0.1, -0.05) is 25.6 Å². The van der Waals surface area contributed by atoms with Crippen molar-refractivity contribution in [2.75, 3.05) is 5.75 Å². The first-order valence-corrected chi connectivity index (χ1v) is 7.76. The van der Waals surface area contributed by atoms with Crippen molar-refractivity contribution in [2.24, 2.45) is 5.92 Å². The lowest BCUT2D eigenvalue weighted by Gasteiger charge is -2.16. The molecule has 21 heavy (non-hydrogen) atoms. The van der Waals surface area contributed by atoms with Crippen LogP contribution in [0.5, 0.6) is 0 Å². The zero-order valence-corrected chi connectivity index (χ0v) is 13.4. The van der Waals surface area contributed by atoms with Crippen LogP contribution >= 0.6 is 11.8 Å². The van der Waals surface area contributed by atoms with Crippen LogP contribution in [0, 0.1) is 12.8 Å². The third kappa shape index (κ3) is 4.10. The Labute approximate surface area is 127 Å². The fourth-order valence-electron chi connectivity index (χ4n) is 1.57. The van der Waals surface area contributed by atoms with Crippen LogP contribution < -0.4 is 5.32 Å². The number of carbonyl (C=O) groups excluding carboxylic acids is 1. The molecule has 0 unspecified atom stereocenters. The molecule has 2 heterocycles. The number of hydrogen-bond acceptors (Lipinski definition) is 6. The molecule has 0 aliphatic rings. The van der Waals surface area contributed by atoms with Crippen LogP contribution in [0.25, 0.3) is 11.5 Å². The maximum absolute atomic E-state index is 11.8. The van der Waals surface area contributed by atoms with Gasteiger partial charge in [0.15, 0.2) is 0 Å². The number of amides is 1. The van der Waals surface area contributed by atoms with Crippen molar-refractivity contribution < 1.29 is 13.6 Å². The molecule has 1 amide bonds. The Hall–Kier alpha value is -1.76. The SMILES string of the molecule is Cc1occc1-c1nnc(SCC(=O)N[C@@H](C)C(C)C)o1. The Bertz CT molecular complexity index is 606. The number of aryl methyl sites for hydroxylation is 1. The number of nitrogens with zero attached hydrogens (tertiary/aromatic N) is 2. The second kappa shape index (κ2) is 6.80. The number of aromatic nitrogens is 2. The standard InChI is InChI=1S/C14H19N3O3S/c1-8(2)9(3)15-12(18)7-21-14-17-16-13(20-14)11-5-6-19-10(11)4/h5-6,8-9H,7H2,1-4H3,(H,15,18)/t9-/m0/s1. The minimum atomic E-state index is -0.0413. The monoisotopic (exact) mass is 309 g/mol. The summed E-state index contributed by atoms with van der Waals surface area (Å²) in [5, 5.41) is 11.2. The summed E-state index contributed by atoms with van der Waals surface area (Å²) in [6.45, 7) is 7.94. The second-order valence-electron chi connectivity index (χ2n) is 5.15. The molecule has 0 aliphatic carbocycles. The number of carbonyl (C=O) groups is 1. The van der Waals surface area contributed by atoms with E-state index in [-0.39, 0.29) is 17.7 Å². The molecular weight excluding hydrogens is 290 g/mol. The lowest BCUT2D eigenvalue weighted by molar-refractivity contribution is -0.119. The minimum Gasteiger partial charge on any atom is -0.469 e. The van der Waals surface area contributed by atoms with Crippen LogP contribution in [0.4, 0.5) is 0 Å². The van der Waals surface area contributed by atoms with E-state index in [0.717, 1.165) is 11.3 Å². The smallest absolute Gasteiger partial charge is 0.277 e. The highest BCUT2D eigenvalue weighted by Crippen LogP contribution is 2.26. The maximum atomic E-state index is 11.8. The summed E-state index contributed by atoms with van der Waals surface area (Å²) in [6.07, 6.45) is 1.57. The number of hydrogen-bond donors (Lipinski definition) is 1. The van der Waals surface area contributed by atoms with E-state index < -0.39 is 0 Å². The van der Waals surface area contributed by atoms with E-state index in [1.807, 2.05) is 13.8 Å². The first-order valence-electron chi connectivity index (χ1n) is 6.77. The molecule has 1 N–H and O–H groups in total. The first-order chi connectivity index (χ1) is 9.97. The molecule has 2 rings (SSSR count). The van der Waals surface area contributed by atoms with Gasteiger partial charge in [0.05, 0.1) is 17.6 Å². The summed E-state index contributed by atoms with van der Waals surface area (Å²) in [7, 11) is 0. The van der Waals surface area contributed by atoms with Crippen molar-refractivity contribution in [3.05, 3.63) is 18.1 Å². The summed E-state index contributed by atoms with van der Waals surface area (Å²) in [5.41, 5.74) is 0.771. The van der Waals surface area contributed by atoms with Gasteiger partial charge in [-0.15, -0.1) is 10.2 Å². The minimum absolute atomic E-state index is 0.0413. The van der Waals surface area contributed by atoms with Gasteiger partial charge >= 0.3 is 0 Å². The van der Waals surface area contributed by atoms with Gasteiger partial charge in [0, 0.05) is 6.04 Å². The summed E-state index contributed by atoms with van der Waals surface area (Å²) in [6, 6.07) is 1.92. The Balaban J connectivity index is 1.89. The van der Waals surface area contributed by atoms with E-state index in [1.165, 1.54) is 11.8 Å². The van der Waals surface area contributed by atoms with Crippen molar-refractivity contribution >= 4 is 17.7 Å². The van der Waals surface area contributed by atoms with Gasteiger partial charge in [-0.05, 0) is 25.8 Å². The topological polar surface area (TPSA) is 81.2 Å². The number of furan rings is 1. The Morgan fingerprint density at radius 3 is 2.76 bits per heavy atom. The van der Waals surface area contributed by atoms with Crippen LogP contribution in [-0.2, 0) is 4.79 Å². The molecule has 0 aliphatic heterocycles. The van der Waals surface area contributed by atoms with Crippen LogP contribution in [0.3, 0.4) is 0 Å². The second-order valence-corrected chi connectivity index (χ2v) is 6.08. The van der Waals surface area contributed by atoms with Gasteiger partial charge < -0.3 is 14.2 Å². The van der Waals surface area contributed by atoms with E-state index in [2.05, 4.69) is 29.4 Å². The summed E-state index contributed by atoms with van der Waals surface area (Å²) >= 11 is 1.22. The van der Waals surface area contributed by atoms with Crippen LogP contribution in [-0.4, -0.2) is 27.9 Å². The van der Waals surface area contributed by atoms with E-state index >= 15 is 0 Å². The lowest BCUT2D eigenvalue weighted by Crippen LogP contribution is -2.37. The molecule has 0 radical (unpaired) electrons. The van der Waals surface area contributed by atoms with E-state index in [0.29, 0.717) is 17.0 Å². The molecule has 2 aromatic heterocycles. The predicted molar refractivity (Wildman–Crippen MR) is 79.9 cm³/mol. The van der Waals surface area contributed by atoms with Gasteiger partial charge in [-0.25, -0.2) is 0 Å². The lowest BCUT2D eigenvalue weighted by atomic mass is 10.1. The van der Waals surface area contributed by atoms with Gasteiger partial charge in [-0.2, -0.15) is 0 Å². The average molecular weight is 309 g/mol. The zero-order valence-electron chi connectivity index (χ0n) is 12.5. The molecule has 0 fully saturated rings. The molecule has 0 spiro atoms. The molecule has 6 nitrogen and oxygen atoms in total. The molecule has 0 bridgehead atoms. The summed E-state index contributed by atoms with van der Waals surface area (Å²) in [5.74, 6) is 1.74. The third-order valence-electron chi connectivity index (χ3n) is 3.21. The molecule has 0 aromatic carbocycles. The normalized spacial score (nSPS) is 12.6. The van der Waals surface area contributed by atoms with Crippen molar-refractivity contribution in [3.8, 4) is 11.5 Å². The van der Waals surface area contributed by atoms with Crippen LogP contribution in [0.1, 0.15) is 26.5 Å².